The molecule has 1 aliphatic rings. The third kappa shape index (κ3) is 3.92. The molecule has 0 aliphatic carbocycles. The molecule has 3 N–H and O–H groups in total. The Kier molecular flexibility index (Phi) is 4.79. The van der Waals surface area contributed by atoms with Gasteiger partial charge in [0.1, 0.15) is 0 Å². The molecule has 8 nitrogen and oxygen atoms in total. The number of hydrazine groups is 1. The van der Waals surface area contributed by atoms with E-state index < -0.39 is 0 Å². The molecular formula is C13H24N6O2. The second kappa shape index (κ2) is 6.40. The van der Waals surface area contributed by atoms with Crippen LogP contribution in [0.2, 0.25) is 0 Å². The Morgan fingerprint density at radius 2 is 2.10 bits per heavy atom. The van der Waals surface area contributed by atoms with Crippen LogP contribution in [0.3, 0.4) is 0 Å². The summed E-state index contributed by atoms with van der Waals surface area (Å²) >= 11 is 0. The SMILES string of the molecule is COC1(C)CCCN(c2nc(NN)nc(OC(C)C)n2)C1. The highest BCUT2D eigenvalue weighted by atomic mass is 16.5. The lowest BCUT2D eigenvalue weighted by atomic mass is 9.95. The van der Waals surface area contributed by atoms with Gasteiger partial charge in [0.2, 0.25) is 11.9 Å². The normalized spacial score (nSPS) is 22.5. The highest BCUT2D eigenvalue weighted by Gasteiger charge is 2.32. The monoisotopic (exact) mass is 296 g/mol. The zero-order chi connectivity index (χ0) is 15.5. The van der Waals surface area contributed by atoms with E-state index >= 15 is 0 Å². The molecule has 2 heterocycles. The summed E-state index contributed by atoms with van der Waals surface area (Å²) in [5, 5.41) is 0. The average molecular weight is 296 g/mol. The highest BCUT2D eigenvalue weighted by Crippen LogP contribution is 2.27. The molecule has 0 aromatic carbocycles. The summed E-state index contributed by atoms with van der Waals surface area (Å²) in [4.78, 5) is 14.9. The molecule has 1 aromatic heterocycles. The number of piperidine rings is 1. The molecular weight excluding hydrogens is 272 g/mol. The molecule has 118 valence electrons. The fourth-order valence-corrected chi connectivity index (χ4v) is 2.36. The van der Waals surface area contributed by atoms with Gasteiger partial charge in [0, 0.05) is 20.2 Å². The average Bonchev–Trinajstić information content (AvgIpc) is 2.46. The second-order valence-corrected chi connectivity index (χ2v) is 5.73. The first-order valence-corrected chi connectivity index (χ1v) is 7.15. The molecule has 1 unspecified atom stereocenters. The van der Waals surface area contributed by atoms with Gasteiger partial charge < -0.3 is 14.4 Å². The quantitative estimate of drug-likeness (QED) is 0.612. The lowest BCUT2D eigenvalue weighted by molar-refractivity contribution is -0.00503. The number of aromatic nitrogens is 3. The van der Waals surface area contributed by atoms with Crippen LogP contribution in [-0.2, 0) is 4.74 Å². The molecule has 1 aliphatic heterocycles. The van der Waals surface area contributed by atoms with E-state index in [4.69, 9.17) is 15.3 Å². The van der Waals surface area contributed by atoms with Gasteiger partial charge in [0.15, 0.2) is 0 Å². The van der Waals surface area contributed by atoms with Gasteiger partial charge in [-0.25, -0.2) is 5.84 Å². The molecule has 0 amide bonds. The Morgan fingerprint density at radius 3 is 2.71 bits per heavy atom. The number of rotatable bonds is 5. The lowest BCUT2D eigenvalue weighted by Crippen LogP contribution is -2.48. The van der Waals surface area contributed by atoms with Crippen molar-refractivity contribution in [1.82, 2.24) is 15.0 Å². The van der Waals surface area contributed by atoms with E-state index in [1.165, 1.54) is 0 Å². The molecule has 1 fully saturated rings. The molecule has 21 heavy (non-hydrogen) atoms. The molecule has 0 bridgehead atoms. The number of nitrogens with zero attached hydrogens (tertiary/aromatic N) is 4. The maximum Gasteiger partial charge on any atom is 0.323 e. The number of anilines is 2. The first kappa shape index (κ1) is 15.7. The number of nitrogen functional groups attached to an aromatic ring is 1. The largest absolute Gasteiger partial charge is 0.461 e. The van der Waals surface area contributed by atoms with Crippen molar-refractivity contribution in [3.05, 3.63) is 0 Å². The number of ether oxygens (including phenoxy) is 2. The van der Waals surface area contributed by atoms with E-state index in [1.807, 2.05) is 13.8 Å². The van der Waals surface area contributed by atoms with Gasteiger partial charge >= 0.3 is 6.01 Å². The molecule has 1 aromatic rings. The van der Waals surface area contributed by atoms with Crippen molar-refractivity contribution < 1.29 is 9.47 Å². The summed E-state index contributed by atoms with van der Waals surface area (Å²) in [5.41, 5.74) is 2.26. The van der Waals surface area contributed by atoms with Crippen molar-refractivity contribution in [1.29, 1.82) is 0 Å². The van der Waals surface area contributed by atoms with Crippen LogP contribution in [0.25, 0.3) is 0 Å². The molecule has 0 radical (unpaired) electrons. The molecule has 0 spiro atoms. The Morgan fingerprint density at radius 1 is 1.33 bits per heavy atom. The van der Waals surface area contributed by atoms with Crippen LogP contribution in [0.15, 0.2) is 0 Å². The first-order chi connectivity index (χ1) is 9.95. The van der Waals surface area contributed by atoms with Gasteiger partial charge in [-0.15, -0.1) is 0 Å². The van der Waals surface area contributed by atoms with Gasteiger partial charge in [0.05, 0.1) is 11.7 Å². The molecule has 1 saturated heterocycles. The van der Waals surface area contributed by atoms with Crippen molar-refractivity contribution in [3.63, 3.8) is 0 Å². The third-order valence-electron chi connectivity index (χ3n) is 3.51. The highest BCUT2D eigenvalue weighted by molar-refractivity contribution is 5.38. The van der Waals surface area contributed by atoms with Crippen LogP contribution in [-0.4, -0.2) is 46.9 Å². The van der Waals surface area contributed by atoms with E-state index in [9.17, 15) is 0 Å². The Bertz CT molecular complexity index is 484. The topological polar surface area (TPSA) is 98.4 Å². The third-order valence-corrected chi connectivity index (χ3v) is 3.51. The number of nitrogens with one attached hydrogen (secondary N) is 1. The maximum atomic E-state index is 5.60. The Balaban J connectivity index is 2.25. The van der Waals surface area contributed by atoms with Crippen molar-refractivity contribution in [3.8, 4) is 6.01 Å². The minimum Gasteiger partial charge on any atom is -0.461 e. The van der Waals surface area contributed by atoms with Gasteiger partial charge in [-0.1, -0.05) is 0 Å². The fraction of sp³-hybridized carbons (Fsp3) is 0.769. The van der Waals surface area contributed by atoms with Crippen LogP contribution >= 0.6 is 0 Å². The van der Waals surface area contributed by atoms with Crippen LogP contribution in [0, 0.1) is 0 Å². The Hall–Kier alpha value is -1.67. The summed E-state index contributed by atoms with van der Waals surface area (Å²) < 4.78 is 11.1. The molecule has 0 saturated carbocycles. The fourth-order valence-electron chi connectivity index (χ4n) is 2.36. The van der Waals surface area contributed by atoms with Crippen molar-refractivity contribution in [2.45, 2.75) is 45.3 Å². The number of hydrogen-bond acceptors (Lipinski definition) is 8. The van der Waals surface area contributed by atoms with Crippen LogP contribution in [0.1, 0.15) is 33.6 Å². The summed E-state index contributed by atoms with van der Waals surface area (Å²) in [6.45, 7) is 7.52. The van der Waals surface area contributed by atoms with Crippen LogP contribution < -0.4 is 20.9 Å². The summed E-state index contributed by atoms with van der Waals surface area (Å²) in [6.07, 6.45) is 2.01. The van der Waals surface area contributed by atoms with E-state index in [1.54, 1.807) is 7.11 Å². The number of hydrogen-bond donors (Lipinski definition) is 2. The van der Waals surface area contributed by atoms with Gasteiger partial charge in [-0.2, -0.15) is 15.0 Å². The summed E-state index contributed by atoms with van der Waals surface area (Å²) in [6, 6.07) is 0.271. The van der Waals surface area contributed by atoms with Gasteiger partial charge in [0.25, 0.3) is 0 Å². The standard InChI is InChI=1S/C13H24N6O2/c1-9(2)21-12-16-10(18-14)15-11(17-12)19-7-5-6-13(3,8-19)20-4/h9H,5-8,14H2,1-4H3,(H,15,16,17,18). The smallest absolute Gasteiger partial charge is 0.323 e. The maximum absolute atomic E-state index is 5.60. The summed E-state index contributed by atoms with van der Waals surface area (Å²) in [7, 11) is 1.73. The van der Waals surface area contributed by atoms with Crippen molar-refractivity contribution in [2.75, 3.05) is 30.5 Å². The number of nitrogens with two attached hydrogens (primary N) is 1. The first-order valence-electron chi connectivity index (χ1n) is 7.15. The number of methoxy groups -OCH3 is 1. The second-order valence-electron chi connectivity index (χ2n) is 5.73. The zero-order valence-electron chi connectivity index (χ0n) is 13.1. The van der Waals surface area contributed by atoms with E-state index in [2.05, 4.69) is 32.2 Å². The lowest BCUT2D eigenvalue weighted by Gasteiger charge is -2.39. The predicted octanol–water partition coefficient (Wildman–Crippen LogP) is 0.950. The Labute approximate surface area is 125 Å². The van der Waals surface area contributed by atoms with E-state index in [0.29, 0.717) is 11.9 Å². The minimum absolute atomic E-state index is 0.0172. The van der Waals surface area contributed by atoms with Gasteiger partial charge in [-0.05, 0) is 33.6 Å². The van der Waals surface area contributed by atoms with E-state index in [0.717, 1.165) is 25.9 Å². The minimum atomic E-state index is -0.194. The summed E-state index contributed by atoms with van der Waals surface area (Å²) in [5.74, 6) is 6.27. The van der Waals surface area contributed by atoms with E-state index in [-0.39, 0.29) is 17.7 Å². The van der Waals surface area contributed by atoms with Crippen LogP contribution in [0.4, 0.5) is 11.9 Å². The van der Waals surface area contributed by atoms with Crippen LogP contribution in [0.5, 0.6) is 6.01 Å². The van der Waals surface area contributed by atoms with Gasteiger partial charge in [-0.3, -0.25) is 5.43 Å². The molecule has 1 atom stereocenters. The molecule has 2 rings (SSSR count). The van der Waals surface area contributed by atoms with Crippen molar-refractivity contribution >= 4 is 11.9 Å². The zero-order valence-corrected chi connectivity index (χ0v) is 13.1. The van der Waals surface area contributed by atoms with Crippen molar-refractivity contribution in [2.24, 2.45) is 5.84 Å². The molecule has 8 heteroatoms. The predicted molar refractivity (Wildman–Crippen MR) is 80.3 cm³/mol.